The van der Waals surface area contributed by atoms with Crippen LogP contribution in [0.25, 0.3) is 0 Å². The first-order chi connectivity index (χ1) is 9.65. The molecule has 1 unspecified atom stereocenters. The summed E-state index contributed by atoms with van der Waals surface area (Å²) in [5.74, 6) is 0. The second-order valence-corrected chi connectivity index (χ2v) is 6.04. The van der Waals surface area contributed by atoms with E-state index in [2.05, 4.69) is 5.32 Å². The van der Waals surface area contributed by atoms with Gasteiger partial charge >= 0.3 is 12.2 Å². The smallest absolute Gasteiger partial charge is 0.410 e. The van der Waals surface area contributed by atoms with Crippen molar-refractivity contribution in [3.8, 4) is 0 Å². The largest absolute Gasteiger partial charge is 0.465 e. The van der Waals surface area contributed by atoms with Gasteiger partial charge in [0, 0.05) is 25.7 Å². The lowest BCUT2D eigenvalue weighted by molar-refractivity contribution is 0.0239. The van der Waals surface area contributed by atoms with Gasteiger partial charge in [-0.2, -0.15) is 0 Å². The first-order valence-corrected chi connectivity index (χ1v) is 7.24. The maximum Gasteiger partial charge on any atom is 0.410 e. The molecule has 0 aromatic rings. The van der Waals surface area contributed by atoms with Gasteiger partial charge in [0.25, 0.3) is 0 Å². The van der Waals surface area contributed by atoms with Crippen LogP contribution in [-0.4, -0.2) is 58.6 Å². The number of unbranched alkanes of at least 4 members (excludes halogenated alkanes) is 1. The minimum absolute atomic E-state index is 0.0825. The van der Waals surface area contributed by atoms with Crippen LogP contribution in [0.2, 0.25) is 0 Å². The molecule has 0 fully saturated rings. The molecule has 124 valence electrons. The van der Waals surface area contributed by atoms with Gasteiger partial charge in [-0.1, -0.05) is 0 Å². The van der Waals surface area contributed by atoms with E-state index >= 15 is 0 Å². The van der Waals surface area contributed by atoms with E-state index in [0.29, 0.717) is 32.4 Å². The van der Waals surface area contributed by atoms with Crippen LogP contribution < -0.4 is 5.32 Å². The molecule has 2 amide bonds. The van der Waals surface area contributed by atoms with E-state index in [4.69, 9.17) is 14.9 Å². The molecule has 0 aromatic heterocycles. The Labute approximate surface area is 126 Å². The van der Waals surface area contributed by atoms with E-state index in [1.54, 1.807) is 32.6 Å². The van der Waals surface area contributed by atoms with Crippen molar-refractivity contribution < 1.29 is 24.5 Å². The average Bonchev–Trinajstić information content (AvgIpc) is 2.30. The van der Waals surface area contributed by atoms with Crippen molar-refractivity contribution in [2.75, 3.05) is 19.7 Å². The van der Waals surface area contributed by atoms with Crippen LogP contribution in [0.1, 0.15) is 47.0 Å². The van der Waals surface area contributed by atoms with E-state index in [9.17, 15) is 9.59 Å². The molecule has 0 rings (SSSR count). The quantitative estimate of drug-likeness (QED) is 0.596. The minimum atomic E-state index is -1.08. The lowest BCUT2D eigenvalue weighted by atomic mass is 10.2. The van der Waals surface area contributed by atoms with E-state index in [1.807, 2.05) is 0 Å². The Kier molecular flexibility index (Phi) is 8.76. The fourth-order valence-corrected chi connectivity index (χ4v) is 1.67. The number of carbonyl (C=O) groups excluding carboxylic acids is 1. The van der Waals surface area contributed by atoms with Crippen LogP contribution in [0.15, 0.2) is 0 Å². The summed E-state index contributed by atoms with van der Waals surface area (Å²) < 4.78 is 5.33. The Morgan fingerprint density at radius 3 is 2.33 bits per heavy atom. The van der Waals surface area contributed by atoms with Gasteiger partial charge in [-0.05, 0) is 47.0 Å². The summed E-state index contributed by atoms with van der Waals surface area (Å²) in [6.07, 6.45) is 0.304. The van der Waals surface area contributed by atoms with E-state index in [1.165, 1.54) is 0 Å². The molecule has 0 heterocycles. The number of aliphatic hydroxyl groups excluding tert-OH is 1. The predicted octanol–water partition coefficient (Wildman–Crippen LogP) is 2.04. The average molecular weight is 304 g/mol. The number of rotatable bonds is 8. The van der Waals surface area contributed by atoms with Crippen LogP contribution in [-0.2, 0) is 4.74 Å². The molecular formula is C14H28N2O5. The Balaban J connectivity index is 4.44. The first kappa shape index (κ1) is 19.5. The van der Waals surface area contributed by atoms with Gasteiger partial charge in [-0.25, -0.2) is 9.59 Å². The van der Waals surface area contributed by atoms with Crippen LogP contribution in [0, 0.1) is 0 Å². The Bertz CT molecular complexity index is 328. The Hall–Kier alpha value is -1.50. The normalized spacial score (nSPS) is 12.6. The molecule has 7 nitrogen and oxygen atoms in total. The molecule has 0 aliphatic rings. The highest BCUT2D eigenvalue weighted by atomic mass is 16.6. The number of aliphatic hydroxyl groups is 1. The summed E-state index contributed by atoms with van der Waals surface area (Å²) in [5.41, 5.74) is -0.572. The highest BCUT2D eigenvalue weighted by molar-refractivity contribution is 5.68. The monoisotopic (exact) mass is 304 g/mol. The Morgan fingerprint density at radius 1 is 1.24 bits per heavy atom. The number of hydrogen-bond acceptors (Lipinski definition) is 4. The number of ether oxygens (including phenoxy) is 1. The zero-order valence-electron chi connectivity index (χ0n) is 13.4. The van der Waals surface area contributed by atoms with Crippen LogP contribution in [0.3, 0.4) is 0 Å². The topological polar surface area (TPSA) is 99.1 Å². The lowest BCUT2D eigenvalue weighted by Gasteiger charge is -2.28. The van der Waals surface area contributed by atoms with Crippen molar-refractivity contribution in [2.24, 2.45) is 0 Å². The number of carbonyl (C=O) groups is 2. The van der Waals surface area contributed by atoms with Crippen molar-refractivity contribution in [2.45, 2.75) is 58.6 Å². The van der Waals surface area contributed by atoms with E-state index in [-0.39, 0.29) is 12.6 Å². The summed E-state index contributed by atoms with van der Waals surface area (Å²) in [5, 5.41) is 19.8. The van der Waals surface area contributed by atoms with Crippen LogP contribution in [0.5, 0.6) is 0 Å². The highest BCUT2D eigenvalue weighted by Crippen LogP contribution is 2.11. The predicted molar refractivity (Wildman–Crippen MR) is 79.4 cm³/mol. The number of nitrogens with zero attached hydrogens (tertiary/aromatic N) is 1. The second-order valence-electron chi connectivity index (χ2n) is 6.04. The zero-order valence-corrected chi connectivity index (χ0v) is 13.4. The van der Waals surface area contributed by atoms with Gasteiger partial charge in [-0.3, -0.25) is 0 Å². The van der Waals surface area contributed by atoms with Crippen LogP contribution >= 0.6 is 0 Å². The maximum atomic E-state index is 12.1. The molecule has 0 saturated carbocycles. The molecular weight excluding hydrogens is 276 g/mol. The molecule has 0 aromatic carbocycles. The van der Waals surface area contributed by atoms with Crippen molar-refractivity contribution in [3.63, 3.8) is 0 Å². The first-order valence-electron chi connectivity index (χ1n) is 7.24. The molecule has 1 atom stereocenters. The molecule has 0 saturated heterocycles. The molecule has 0 radical (unpaired) electrons. The zero-order chi connectivity index (χ0) is 16.5. The van der Waals surface area contributed by atoms with Gasteiger partial charge in [-0.15, -0.1) is 0 Å². The van der Waals surface area contributed by atoms with Crippen molar-refractivity contribution in [1.82, 2.24) is 10.2 Å². The van der Waals surface area contributed by atoms with Crippen molar-refractivity contribution in [3.05, 3.63) is 0 Å². The van der Waals surface area contributed by atoms with Gasteiger partial charge < -0.3 is 25.2 Å². The van der Waals surface area contributed by atoms with Gasteiger partial charge in [0.2, 0.25) is 0 Å². The highest BCUT2D eigenvalue weighted by Gasteiger charge is 2.22. The fraction of sp³-hybridized carbons (Fsp3) is 0.857. The molecule has 0 spiro atoms. The summed E-state index contributed by atoms with van der Waals surface area (Å²) in [7, 11) is 0. The van der Waals surface area contributed by atoms with Crippen molar-refractivity contribution in [1.29, 1.82) is 0 Å². The Morgan fingerprint density at radius 2 is 1.86 bits per heavy atom. The lowest BCUT2D eigenvalue weighted by Crippen LogP contribution is -2.40. The summed E-state index contributed by atoms with van der Waals surface area (Å²) in [6.45, 7) is 8.10. The number of carboxylic acid groups (broad SMARTS) is 1. The van der Waals surface area contributed by atoms with E-state index in [0.717, 1.165) is 0 Å². The second kappa shape index (κ2) is 9.44. The van der Waals surface area contributed by atoms with Crippen molar-refractivity contribution >= 4 is 12.2 Å². The molecule has 0 aliphatic carbocycles. The standard InChI is InChI=1S/C14H28N2O5/c1-11(15-12(18)19)7-9-16(8-5-6-10-17)13(20)21-14(2,3)4/h11,15,17H,5-10H2,1-4H3,(H,18,19). The molecule has 21 heavy (non-hydrogen) atoms. The SMILES string of the molecule is CC(CCN(CCCCO)C(=O)OC(C)(C)C)NC(=O)O. The van der Waals surface area contributed by atoms with Gasteiger partial charge in [0.1, 0.15) is 5.60 Å². The summed E-state index contributed by atoms with van der Waals surface area (Å²) in [6, 6.07) is -0.245. The molecule has 0 aliphatic heterocycles. The fourth-order valence-electron chi connectivity index (χ4n) is 1.67. The third-order valence-corrected chi connectivity index (χ3v) is 2.69. The maximum absolute atomic E-state index is 12.1. The number of hydrogen-bond donors (Lipinski definition) is 3. The molecule has 3 N–H and O–H groups in total. The van der Waals surface area contributed by atoms with Gasteiger partial charge in [0.15, 0.2) is 0 Å². The number of nitrogens with one attached hydrogen (secondary N) is 1. The minimum Gasteiger partial charge on any atom is -0.465 e. The molecule has 0 bridgehead atoms. The van der Waals surface area contributed by atoms with E-state index < -0.39 is 17.8 Å². The number of amides is 2. The summed E-state index contributed by atoms with van der Waals surface area (Å²) in [4.78, 5) is 24.2. The van der Waals surface area contributed by atoms with Gasteiger partial charge in [0.05, 0.1) is 0 Å². The summed E-state index contributed by atoms with van der Waals surface area (Å²) >= 11 is 0. The third-order valence-electron chi connectivity index (χ3n) is 2.69. The molecule has 7 heteroatoms. The third kappa shape index (κ3) is 10.9. The van der Waals surface area contributed by atoms with Crippen LogP contribution in [0.4, 0.5) is 9.59 Å².